The maximum Gasteiger partial charge on any atom is 0.490 e. The fourth-order valence-corrected chi connectivity index (χ4v) is 2.21. The number of aromatic amines is 1. The van der Waals surface area contributed by atoms with Crippen molar-refractivity contribution in [3.8, 4) is 0 Å². The Hall–Kier alpha value is -2.56. The lowest BCUT2D eigenvalue weighted by molar-refractivity contribution is -0.192. The molecule has 0 aliphatic rings. The van der Waals surface area contributed by atoms with Crippen LogP contribution in [0.25, 0.3) is 10.2 Å². The molecule has 2 aromatic rings. The van der Waals surface area contributed by atoms with E-state index in [-0.39, 0.29) is 16.0 Å². The minimum atomic E-state index is -5.08. The van der Waals surface area contributed by atoms with Gasteiger partial charge < -0.3 is 21.6 Å². The van der Waals surface area contributed by atoms with E-state index in [0.717, 1.165) is 11.3 Å². The monoisotopic (exact) mass is 323 g/mol. The van der Waals surface area contributed by atoms with Crippen LogP contribution in [0.1, 0.15) is 9.67 Å². The lowest BCUT2D eigenvalue weighted by atomic mass is 10.2. The summed E-state index contributed by atoms with van der Waals surface area (Å²) in [6, 6.07) is 1.36. The van der Waals surface area contributed by atoms with Crippen molar-refractivity contribution in [3.05, 3.63) is 27.4 Å². The number of fused-ring (bicyclic) bond motifs is 1. The van der Waals surface area contributed by atoms with Gasteiger partial charge in [0.2, 0.25) is 0 Å². The number of carboxylic acid groups (broad SMARTS) is 1. The third kappa shape index (κ3) is 3.72. The van der Waals surface area contributed by atoms with Crippen LogP contribution in [-0.2, 0) is 4.79 Å². The van der Waals surface area contributed by atoms with Crippen LogP contribution in [-0.4, -0.2) is 28.1 Å². The summed E-state index contributed by atoms with van der Waals surface area (Å²) in [7, 11) is 0. The number of hydrogen-bond donors (Lipinski definition) is 4. The number of pyridine rings is 1. The average Bonchev–Trinajstić information content (AvgIpc) is 2.68. The van der Waals surface area contributed by atoms with Crippen molar-refractivity contribution in [1.82, 2.24) is 4.98 Å². The van der Waals surface area contributed by atoms with Gasteiger partial charge in [-0.1, -0.05) is 0 Å². The zero-order chi connectivity index (χ0) is 16.4. The predicted molar refractivity (Wildman–Crippen MR) is 69.1 cm³/mol. The molecule has 114 valence electrons. The number of thiophene rings is 1. The number of nitrogen functional groups attached to an aromatic ring is 1. The van der Waals surface area contributed by atoms with Crippen molar-refractivity contribution in [2.45, 2.75) is 6.18 Å². The summed E-state index contributed by atoms with van der Waals surface area (Å²) >= 11 is 1.09. The lowest BCUT2D eigenvalue weighted by Gasteiger charge is -1.93. The Morgan fingerprint density at radius 1 is 1.33 bits per heavy atom. The van der Waals surface area contributed by atoms with Crippen molar-refractivity contribution in [3.63, 3.8) is 0 Å². The molecule has 0 aromatic carbocycles. The zero-order valence-corrected chi connectivity index (χ0v) is 10.8. The highest BCUT2D eigenvalue weighted by Gasteiger charge is 2.38. The van der Waals surface area contributed by atoms with Crippen molar-refractivity contribution in [2.24, 2.45) is 5.73 Å². The van der Waals surface area contributed by atoms with E-state index in [0.29, 0.717) is 10.2 Å². The van der Waals surface area contributed by atoms with Crippen molar-refractivity contribution >= 4 is 39.1 Å². The Labute approximate surface area is 118 Å². The van der Waals surface area contributed by atoms with Crippen LogP contribution in [0.15, 0.2) is 17.1 Å². The lowest BCUT2D eigenvalue weighted by Crippen LogP contribution is -2.21. The number of rotatable bonds is 1. The van der Waals surface area contributed by atoms with Crippen molar-refractivity contribution < 1.29 is 27.9 Å². The molecule has 0 radical (unpaired) electrons. The van der Waals surface area contributed by atoms with Gasteiger partial charge in [-0.3, -0.25) is 9.59 Å². The van der Waals surface area contributed by atoms with E-state index in [1.54, 1.807) is 0 Å². The van der Waals surface area contributed by atoms with E-state index in [1.807, 2.05) is 0 Å². The quantitative estimate of drug-likeness (QED) is 0.617. The van der Waals surface area contributed by atoms with E-state index in [4.69, 9.17) is 21.4 Å². The molecular weight excluding hydrogens is 315 g/mol. The summed E-state index contributed by atoms with van der Waals surface area (Å²) in [5.74, 6) is -3.37. The SMILES string of the molecule is NC(=O)c1sc2[nH]ccc(=O)c2c1N.O=C(O)C(F)(F)F. The van der Waals surface area contributed by atoms with Crippen LogP contribution >= 0.6 is 11.3 Å². The van der Waals surface area contributed by atoms with E-state index in [1.165, 1.54) is 12.3 Å². The molecule has 7 nitrogen and oxygen atoms in total. The smallest absolute Gasteiger partial charge is 0.475 e. The second kappa shape index (κ2) is 5.83. The van der Waals surface area contributed by atoms with Crippen LogP contribution < -0.4 is 16.9 Å². The van der Waals surface area contributed by atoms with Crippen LogP contribution in [0.5, 0.6) is 0 Å². The maximum atomic E-state index is 11.4. The second-order valence-corrected chi connectivity index (χ2v) is 4.58. The molecule has 0 spiro atoms. The fourth-order valence-electron chi connectivity index (χ4n) is 1.25. The molecule has 0 atom stereocenters. The zero-order valence-electron chi connectivity index (χ0n) is 10.0. The standard InChI is InChI=1S/C8H7N3O2S.C2HF3O2/c9-5-4-3(12)1-2-11-8(4)14-6(5)7(10)13;3-2(4,5)1(6)7/h1-2H,9H2,(H2,10,13)(H,11,12);(H,6,7). The summed E-state index contributed by atoms with van der Waals surface area (Å²) in [6.07, 6.45) is -3.58. The highest BCUT2D eigenvalue weighted by Crippen LogP contribution is 2.28. The highest BCUT2D eigenvalue weighted by atomic mass is 32.1. The number of carbonyl (C=O) groups excluding carboxylic acids is 1. The van der Waals surface area contributed by atoms with E-state index in [9.17, 15) is 22.8 Å². The molecule has 0 aliphatic heterocycles. The van der Waals surface area contributed by atoms with Crippen LogP contribution in [0, 0.1) is 0 Å². The number of carboxylic acids is 1. The Balaban J connectivity index is 0.000000270. The molecule has 0 bridgehead atoms. The molecule has 0 fully saturated rings. The molecule has 2 heterocycles. The number of H-pyrrole nitrogens is 1. The number of halogens is 3. The van der Waals surface area contributed by atoms with Gasteiger partial charge in [0.1, 0.15) is 9.71 Å². The molecule has 21 heavy (non-hydrogen) atoms. The normalized spacial score (nSPS) is 10.8. The van der Waals surface area contributed by atoms with Crippen LogP contribution in [0.4, 0.5) is 18.9 Å². The first-order valence-corrected chi connectivity index (χ1v) is 5.87. The van der Waals surface area contributed by atoms with Gasteiger partial charge in [0.05, 0.1) is 11.1 Å². The minimum Gasteiger partial charge on any atom is -0.475 e. The molecule has 0 saturated heterocycles. The number of nitrogens with two attached hydrogens (primary N) is 2. The minimum absolute atomic E-state index is 0.166. The predicted octanol–water partition coefficient (Wildman–Crippen LogP) is 0.904. The molecular formula is C10H8F3N3O4S. The molecule has 0 aliphatic carbocycles. The van der Waals surface area contributed by atoms with Gasteiger partial charge in [0.25, 0.3) is 5.91 Å². The van der Waals surface area contributed by atoms with Gasteiger partial charge in [-0.05, 0) is 0 Å². The van der Waals surface area contributed by atoms with Crippen molar-refractivity contribution in [1.29, 1.82) is 0 Å². The average molecular weight is 323 g/mol. The Morgan fingerprint density at radius 3 is 2.24 bits per heavy atom. The van der Waals surface area contributed by atoms with Gasteiger partial charge in [-0.25, -0.2) is 4.79 Å². The van der Waals surface area contributed by atoms with Gasteiger partial charge in [-0.2, -0.15) is 13.2 Å². The molecule has 0 saturated carbocycles. The molecule has 6 N–H and O–H groups in total. The first-order valence-electron chi connectivity index (χ1n) is 5.05. The second-order valence-electron chi connectivity index (χ2n) is 3.56. The van der Waals surface area contributed by atoms with E-state index >= 15 is 0 Å². The third-order valence-electron chi connectivity index (χ3n) is 2.11. The highest BCUT2D eigenvalue weighted by molar-refractivity contribution is 7.21. The topological polar surface area (TPSA) is 139 Å². The number of alkyl halides is 3. The Bertz CT molecular complexity index is 750. The van der Waals surface area contributed by atoms with Gasteiger partial charge in [0.15, 0.2) is 5.43 Å². The number of anilines is 1. The molecule has 1 amide bonds. The van der Waals surface area contributed by atoms with E-state index in [2.05, 4.69) is 4.98 Å². The summed E-state index contributed by atoms with van der Waals surface area (Å²) in [4.78, 5) is 34.9. The molecule has 0 unspecified atom stereocenters. The van der Waals surface area contributed by atoms with E-state index < -0.39 is 18.1 Å². The fraction of sp³-hybridized carbons (Fsp3) is 0.100. The van der Waals surface area contributed by atoms with Gasteiger partial charge in [-0.15, -0.1) is 11.3 Å². The number of primary amides is 1. The molecule has 2 rings (SSSR count). The van der Waals surface area contributed by atoms with Gasteiger partial charge in [0, 0.05) is 12.3 Å². The number of aliphatic carboxylic acids is 1. The van der Waals surface area contributed by atoms with Crippen LogP contribution in [0.3, 0.4) is 0 Å². The Morgan fingerprint density at radius 2 is 1.86 bits per heavy atom. The summed E-state index contributed by atoms with van der Waals surface area (Å²) in [5.41, 5.74) is 10.7. The largest absolute Gasteiger partial charge is 0.490 e. The van der Waals surface area contributed by atoms with Crippen LogP contribution in [0.2, 0.25) is 0 Å². The summed E-state index contributed by atoms with van der Waals surface area (Å²) in [5, 5.41) is 7.46. The van der Waals surface area contributed by atoms with Crippen molar-refractivity contribution in [2.75, 3.05) is 5.73 Å². The Kier molecular flexibility index (Phi) is 4.58. The van der Waals surface area contributed by atoms with Gasteiger partial charge >= 0.3 is 12.1 Å². The third-order valence-corrected chi connectivity index (χ3v) is 3.26. The summed E-state index contributed by atoms with van der Waals surface area (Å²) in [6.45, 7) is 0. The number of amides is 1. The number of nitrogens with one attached hydrogen (secondary N) is 1. The number of aromatic nitrogens is 1. The first kappa shape index (κ1) is 16.5. The maximum absolute atomic E-state index is 11.4. The summed E-state index contributed by atoms with van der Waals surface area (Å²) < 4.78 is 31.7. The number of hydrogen-bond acceptors (Lipinski definition) is 5. The number of carbonyl (C=O) groups is 2. The molecule has 11 heteroatoms. The first-order chi connectivity index (χ1) is 9.55. The molecule has 2 aromatic heterocycles.